The number of benzene rings is 2. The molecule has 0 radical (unpaired) electrons. The van der Waals surface area contributed by atoms with Crippen LogP contribution in [-0.2, 0) is 11.0 Å². The van der Waals surface area contributed by atoms with Gasteiger partial charge in [-0.3, -0.25) is 14.9 Å². The second kappa shape index (κ2) is 7.02. The average molecular weight is 372 g/mol. The van der Waals surface area contributed by atoms with Gasteiger partial charge in [0.2, 0.25) is 0 Å². The van der Waals surface area contributed by atoms with Crippen LogP contribution in [0.3, 0.4) is 0 Å². The molecule has 0 bridgehead atoms. The van der Waals surface area contributed by atoms with Crippen molar-refractivity contribution in [1.29, 1.82) is 0 Å². The van der Waals surface area contributed by atoms with Gasteiger partial charge in [0, 0.05) is 22.2 Å². The first-order valence-corrected chi connectivity index (χ1v) is 7.13. The van der Waals surface area contributed by atoms with Crippen LogP contribution in [0.15, 0.2) is 42.5 Å². The lowest BCUT2D eigenvalue weighted by Gasteiger charge is -2.13. The lowest BCUT2D eigenvalue weighted by Crippen LogP contribution is -2.17. The molecule has 2 aromatic rings. The highest BCUT2D eigenvalue weighted by Gasteiger charge is 2.35. The number of halogens is 4. The molecule has 0 saturated heterocycles. The second-order valence-electron chi connectivity index (χ2n) is 5.01. The summed E-state index contributed by atoms with van der Waals surface area (Å²) in [6, 6.07) is 7.08. The van der Waals surface area contributed by atoms with Gasteiger partial charge in [0.15, 0.2) is 5.78 Å². The van der Waals surface area contributed by atoms with E-state index in [9.17, 15) is 32.9 Å². The van der Waals surface area contributed by atoms with Gasteiger partial charge in [-0.25, -0.2) is 0 Å². The summed E-state index contributed by atoms with van der Waals surface area (Å²) in [6.07, 6.45) is -4.63. The summed E-state index contributed by atoms with van der Waals surface area (Å²) >= 11 is 5.70. The fourth-order valence-electron chi connectivity index (χ4n) is 2.21. The molecule has 0 aliphatic rings. The third-order valence-corrected chi connectivity index (χ3v) is 3.69. The highest BCUT2D eigenvalue weighted by Crippen LogP contribution is 2.36. The first-order chi connectivity index (χ1) is 11.6. The second-order valence-corrected chi connectivity index (χ2v) is 5.45. The molecule has 0 amide bonds. The number of Topliss-reactive ketones (excluding diaryl/α,β-unsaturated/α-hetero) is 1. The summed E-state index contributed by atoms with van der Waals surface area (Å²) in [4.78, 5) is 33.8. The number of nitro benzene ring substituents is 1. The van der Waals surface area contributed by atoms with E-state index >= 15 is 0 Å². The van der Waals surface area contributed by atoms with Crippen LogP contribution in [-0.4, -0.2) is 17.0 Å². The molecule has 0 spiro atoms. The number of carbonyl (C=O) groups excluding carboxylic acids is 2. The molecule has 1 atom stereocenters. The Balaban J connectivity index is 2.53. The van der Waals surface area contributed by atoms with Crippen molar-refractivity contribution >= 4 is 29.4 Å². The molecule has 0 aliphatic carbocycles. The maximum absolute atomic E-state index is 12.7. The fraction of sp³-hybridized carbons (Fsp3) is 0.125. The number of nitrogens with zero attached hydrogens (tertiary/aromatic N) is 1. The monoisotopic (exact) mass is 371 g/mol. The molecule has 0 saturated carbocycles. The van der Waals surface area contributed by atoms with E-state index < -0.39 is 39.6 Å². The zero-order valence-electron chi connectivity index (χ0n) is 12.3. The number of hydrogen-bond acceptors (Lipinski definition) is 4. The van der Waals surface area contributed by atoms with Crippen molar-refractivity contribution in [2.45, 2.75) is 12.1 Å². The molecule has 0 aromatic heterocycles. The van der Waals surface area contributed by atoms with Crippen LogP contribution in [0.25, 0.3) is 0 Å². The van der Waals surface area contributed by atoms with Gasteiger partial charge in [0.25, 0.3) is 5.69 Å². The third kappa shape index (κ3) is 4.03. The van der Waals surface area contributed by atoms with E-state index in [0.717, 1.165) is 6.07 Å². The Labute approximate surface area is 144 Å². The summed E-state index contributed by atoms with van der Waals surface area (Å²) in [5, 5.41) is 11.5. The normalized spacial score (nSPS) is 12.5. The van der Waals surface area contributed by atoms with E-state index in [1.807, 2.05) is 0 Å². The molecule has 0 aliphatic heterocycles. The van der Waals surface area contributed by atoms with E-state index in [2.05, 4.69) is 0 Å². The Morgan fingerprint density at radius 1 is 1.16 bits per heavy atom. The molecular formula is C16H9ClF3NO4. The highest BCUT2D eigenvalue weighted by atomic mass is 35.5. The highest BCUT2D eigenvalue weighted by molar-refractivity contribution is 6.30. The lowest BCUT2D eigenvalue weighted by atomic mass is 9.90. The summed E-state index contributed by atoms with van der Waals surface area (Å²) < 4.78 is 38.2. The Morgan fingerprint density at radius 2 is 1.76 bits per heavy atom. The van der Waals surface area contributed by atoms with Crippen LogP contribution in [0.1, 0.15) is 27.4 Å². The van der Waals surface area contributed by atoms with E-state index in [1.54, 1.807) is 0 Å². The van der Waals surface area contributed by atoms with Gasteiger partial charge in [0.1, 0.15) is 12.2 Å². The Bertz CT molecular complexity index is 834. The van der Waals surface area contributed by atoms with E-state index in [1.165, 1.54) is 24.3 Å². The number of hydrogen-bond donors (Lipinski definition) is 0. The van der Waals surface area contributed by atoms with Crippen LogP contribution >= 0.6 is 11.6 Å². The maximum Gasteiger partial charge on any atom is 0.416 e. The van der Waals surface area contributed by atoms with Crippen molar-refractivity contribution in [3.63, 3.8) is 0 Å². The van der Waals surface area contributed by atoms with Gasteiger partial charge >= 0.3 is 6.18 Å². The number of alkyl halides is 3. The lowest BCUT2D eigenvalue weighted by molar-refractivity contribution is -0.385. The minimum Gasteiger partial charge on any atom is -0.302 e. The fourth-order valence-corrected chi connectivity index (χ4v) is 2.34. The third-order valence-electron chi connectivity index (χ3n) is 3.44. The van der Waals surface area contributed by atoms with Crippen molar-refractivity contribution < 1.29 is 27.7 Å². The molecule has 0 fully saturated rings. The number of carbonyl (C=O) groups is 2. The standard InChI is InChI=1S/C16H9ClF3NO4/c17-11-4-1-9(2-5-11)15(23)13(8-22)12-6-3-10(16(18,19)20)7-14(12)21(24)25/h1-8,13H. The first-order valence-electron chi connectivity index (χ1n) is 6.75. The number of rotatable bonds is 5. The Morgan fingerprint density at radius 3 is 2.24 bits per heavy atom. The van der Waals surface area contributed by atoms with E-state index in [-0.39, 0.29) is 11.8 Å². The first kappa shape index (κ1) is 18.6. The molecule has 5 nitrogen and oxygen atoms in total. The van der Waals surface area contributed by atoms with E-state index in [4.69, 9.17) is 11.6 Å². The molecule has 9 heteroatoms. The molecule has 2 rings (SSSR count). The summed E-state index contributed by atoms with van der Waals surface area (Å²) in [5.74, 6) is -2.39. The summed E-state index contributed by atoms with van der Waals surface area (Å²) in [7, 11) is 0. The van der Waals surface area contributed by atoms with Crippen molar-refractivity contribution in [3.05, 3.63) is 74.3 Å². The molecule has 0 N–H and O–H groups in total. The van der Waals surface area contributed by atoms with Crippen molar-refractivity contribution in [2.24, 2.45) is 0 Å². The van der Waals surface area contributed by atoms with Crippen molar-refractivity contribution in [1.82, 2.24) is 0 Å². The van der Waals surface area contributed by atoms with Gasteiger partial charge in [-0.1, -0.05) is 17.7 Å². The number of ketones is 1. The van der Waals surface area contributed by atoms with Crippen LogP contribution in [0.2, 0.25) is 5.02 Å². The SMILES string of the molecule is O=CC(C(=O)c1ccc(Cl)cc1)c1ccc(C(F)(F)F)cc1[N+](=O)[O-]. The quantitative estimate of drug-likeness (QED) is 0.256. The molecule has 130 valence electrons. The zero-order chi connectivity index (χ0) is 18.8. The molecule has 25 heavy (non-hydrogen) atoms. The van der Waals surface area contributed by atoms with Gasteiger partial charge in [-0.2, -0.15) is 13.2 Å². The molecular weight excluding hydrogens is 363 g/mol. The largest absolute Gasteiger partial charge is 0.416 e. The van der Waals surface area contributed by atoms with Crippen LogP contribution in [0.5, 0.6) is 0 Å². The maximum atomic E-state index is 12.7. The van der Waals surface area contributed by atoms with Gasteiger partial charge in [-0.15, -0.1) is 0 Å². The number of aldehydes is 1. The van der Waals surface area contributed by atoms with Crippen LogP contribution in [0, 0.1) is 10.1 Å². The molecule has 1 unspecified atom stereocenters. The van der Waals surface area contributed by atoms with Gasteiger partial charge < -0.3 is 4.79 Å². The van der Waals surface area contributed by atoms with E-state index in [0.29, 0.717) is 17.2 Å². The minimum atomic E-state index is -4.79. The summed E-state index contributed by atoms with van der Waals surface area (Å²) in [5.41, 5.74) is -2.55. The van der Waals surface area contributed by atoms with Gasteiger partial charge in [0.05, 0.1) is 10.5 Å². The average Bonchev–Trinajstić information content (AvgIpc) is 2.55. The van der Waals surface area contributed by atoms with Crippen LogP contribution in [0.4, 0.5) is 18.9 Å². The predicted octanol–water partition coefficient (Wildman–Crippen LogP) is 4.43. The Kier molecular flexibility index (Phi) is 5.22. The smallest absolute Gasteiger partial charge is 0.302 e. The summed E-state index contributed by atoms with van der Waals surface area (Å²) in [6.45, 7) is 0. The minimum absolute atomic E-state index is 0.0516. The van der Waals surface area contributed by atoms with Crippen molar-refractivity contribution in [3.8, 4) is 0 Å². The molecule has 2 aromatic carbocycles. The van der Waals surface area contributed by atoms with Crippen LogP contribution < -0.4 is 0 Å². The molecule has 0 heterocycles. The Hall–Kier alpha value is -2.74. The van der Waals surface area contributed by atoms with Crippen molar-refractivity contribution in [2.75, 3.05) is 0 Å². The zero-order valence-corrected chi connectivity index (χ0v) is 13.0. The topological polar surface area (TPSA) is 77.3 Å². The van der Waals surface area contributed by atoms with Gasteiger partial charge in [-0.05, 0) is 30.3 Å². The number of nitro groups is 1. The predicted molar refractivity (Wildman–Crippen MR) is 82.7 cm³/mol.